The van der Waals surface area contributed by atoms with Crippen molar-refractivity contribution in [1.82, 2.24) is 9.97 Å². The molecular formula is C15H17N3O2S. The Morgan fingerprint density at radius 3 is 2.62 bits per heavy atom. The van der Waals surface area contributed by atoms with Crippen molar-refractivity contribution in [3.8, 4) is 0 Å². The van der Waals surface area contributed by atoms with Gasteiger partial charge >= 0.3 is 5.97 Å². The second kappa shape index (κ2) is 7.08. The van der Waals surface area contributed by atoms with Crippen LogP contribution in [0.4, 0.5) is 5.82 Å². The first-order chi connectivity index (χ1) is 10.1. The summed E-state index contributed by atoms with van der Waals surface area (Å²) < 4.78 is 4.95. The number of aromatic nitrogens is 2. The van der Waals surface area contributed by atoms with E-state index in [0.29, 0.717) is 23.9 Å². The molecule has 5 nitrogen and oxygen atoms in total. The molecule has 1 aromatic heterocycles. The standard InChI is InChI=1S/C15H17N3O2S/c1-3-20-15(19)13-10(2)17-12(18-14(13)16)9-21-11-7-5-4-6-8-11/h4-8H,3,9H2,1-2H3,(H2,16,17,18). The molecule has 0 spiro atoms. The lowest BCUT2D eigenvalue weighted by Crippen LogP contribution is -2.14. The van der Waals surface area contributed by atoms with Gasteiger partial charge in [-0.05, 0) is 26.0 Å². The largest absolute Gasteiger partial charge is 0.462 e. The Kier molecular flexibility index (Phi) is 5.16. The number of nitrogen functional groups attached to an aromatic ring is 1. The third kappa shape index (κ3) is 3.95. The number of rotatable bonds is 5. The number of carbonyl (C=O) groups is 1. The minimum atomic E-state index is -0.477. The van der Waals surface area contributed by atoms with Crippen LogP contribution < -0.4 is 5.73 Å². The van der Waals surface area contributed by atoms with E-state index in [4.69, 9.17) is 10.5 Å². The number of nitrogens with two attached hydrogens (primary N) is 1. The molecule has 0 fully saturated rings. The van der Waals surface area contributed by atoms with Crippen molar-refractivity contribution >= 4 is 23.5 Å². The van der Waals surface area contributed by atoms with Crippen LogP contribution in [0.5, 0.6) is 0 Å². The zero-order valence-electron chi connectivity index (χ0n) is 12.0. The van der Waals surface area contributed by atoms with Gasteiger partial charge in [0.25, 0.3) is 0 Å². The first-order valence-electron chi connectivity index (χ1n) is 6.59. The Labute approximate surface area is 127 Å². The molecule has 110 valence electrons. The van der Waals surface area contributed by atoms with E-state index in [1.807, 2.05) is 30.3 Å². The molecule has 0 aliphatic carbocycles. The fourth-order valence-corrected chi connectivity index (χ4v) is 2.61. The van der Waals surface area contributed by atoms with Crippen LogP contribution in [0.15, 0.2) is 35.2 Å². The summed E-state index contributed by atoms with van der Waals surface area (Å²) >= 11 is 1.62. The molecule has 0 saturated carbocycles. The van der Waals surface area contributed by atoms with Crippen molar-refractivity contribution in [2.45, 2.75) is 24.5 Å². The molecule has 0 aliphatic heterocycles. The van der Waals surface area contributed by atoms with Gasteiger partial charge in [0.2, 0.25) is 0 Å². The molecule has 21 heavy (non-hydrogen) atoms. The molecule has 2 aromatic rings. The number of nitrogens with zero attached hydrogens (tertiary/aromatic N) is 2. The van der Waals surface area contributed by atoms with Gasteiger partial charge in [0.05, 0.1) is 18.1 Å². The van der Waals surface area contributed by atoms with Crippen LogP contribution in [0.1, 0.15) is 28.8 Å². The van der Waals surface area contributed by atoms with E-state index in [1.54, 1.807) is 25.6 Å². The number of aryl methyl sites for hydroxylation is 1. The van der Waals surface area contributed by atoms with Gasteiger partial charge in [-0.1, -0.05) is 18.2 Å². The van der Waals surface area contributed by atoms with Gasteiger partial charge in [-0.15, -0.1) is 11.8 Å². The van der Waals surface area contributed by atoms with Gasteiger partial charge in [0.15, 0.2) is 0 Å². The van der Waals surface area contributed by atoms with Crippen LogP contribution in [0.3, 0.4) is 0 Å². The smallest absolute Gasteiger partial charge is 0.343 e. The first-order valence-corrected chi connectivity index (χ1v) is 7.58. The average Bonchev–Trinajstić information content (AvgIpc) is 2.46. The van der Waals surface area contributed by atoms with Crippen LogP contribution >= 0.6 is 11.8 Å². The summed E-state index contributed by atoms with van der Waals surface area (Å²) in [6.07, 6.45) is 0. The molecule has 0 amide bonds. The lowest BCUT2D eigenvalue weighted by atomic mass is 10.2. The first kappa shape index (κ1) is 15.3. The van der Waals surface area contributed by atoms with Crippen molar-refractivity contribution in [1.29, 1.82) is 0 Å². The van der Waals surface area contributed by atoms with Crippen LogP contribution in [0.2, 0.25) is 0 Å². The molecule has 2 N–H and O–H groups in total. The number of hydrogen-bond donors (Lipinski definition) is 1. The van der Waals surface area contributed by atoms with E-state index >= 15 is 0 Å². The highest BCUT2D eigenvalue weighted by Crippen LogP contribution is 2.22. The molecule has 6 heteroatoms. The summed E-state index contributed by atoms with van der Waals surface area (Å²) in [6.45, 7) is 3.78. The lowest BCUT2D eigenvalue weighted by molar-refractivity contribution is 0.0526. The fourth-order valence-electron chi connectivity index (χ4n) is 1.84. The molecular weight excluding hydrogens is 286 g/mol. The summed E-state index contributed by atoms with van der Waals surface area (Å²) in [4.78, 5) is 21.5. The van der Waals surface area contributed by atoms with Crippen molar-refractivity contribution in [3.63, 3.8) is 0 Å². The van der Waals surface area contributed by atoms with Gasteiger partial charge < -0.3 is 10.5 Å². The number of esters is 1. The molecule has 0 bridgehead atoms. The second-order valence-corrected chi connectivity index (χ2v) is 5.36. The maximum atomic E-state index is 11.8. The summed E-state index contributed by atoms with van der Waals surface area (Å²) in [6, 6.07) is 9.97. The lowest BCUT2D eigenvalue weighted by Gasteiger charge is -2.09. The zero-order valence-corrected chi connectivity index (χ0v) is 12.8. The van der Waals surface area contributed by atoms with Crippen LogP contribution in [-0.2, 0) is 10.5 Å². The Hall–Kier alpha value is -2.08. The van der Waals surface area contributed by atoms with Crippen molar-refractivity contribution < 1.29 is 9.53 Å². The molecule has 0 atom stereocenters. The van der Waals surface area contributed by atoms with Crippen molar-refractivity contribution in [3.05, 3.63) is 47.4 Å². The van der Waals surface area contributed by atoms with E-state index in [1.165, 1.54) is 0 Å². The highest BCUT2D eigenvalue weighted by molar-refractivity contribution is 7.98. The summed E-state index contributed by atoms with van der Waals surface area (Å²) in [7, 11) is 0. The predicted octanol–water partition coefficient (Wildman–Crippen LogP) is 2.84. The van der Waals surface area contributed by atoms with Crippen molar-refractivity contribution in [2.75, 3.05) is 12.3 Å². The monoisotopic (exact) mass is 303 g/mol. The molecule has 0 unspecified atom stereocenters. The third-order valence-electron chi connectivity index (χ3n) is 2.75. The van der Waals surface area contributed by atoms with E-state index in [9.17, 15) is 4.79 Å². The fraction of sp³-hybridized carbons (Fsp3) is 0.267. The maximum absolute atomic E-state index is 11.8. The molecule has 1 heterocycles. The number of thioether (sulfide) groups is 1. The minimum absolute atomic E-state index is 0.171. The van der Waals surface area contributed by atoms with E-state index in [2.05, 4.69) is 9.97 Å². The molecule has 0 radical (unpaired) electrons. The number of anilines is 1. The van der Waals surface area contributed by atoms with Gasteiger partial charge in [-0.25, -0.2) is 14.8 Å². The molecule has 2 rings (SSSR count). The highest BCUT2D eigenvalue weighted by atomic mass is 32.2. The summed E-state index contributed by atoms with van der Waals surface area (Å²) in [5, 5.41) is 0. The van der Waals surface area contributed by atoms with Gasteiger partial charge in [0.1, 0.15) is 17.2 Å². The summed E-state index contributed by atoms with van der Waals surface area (Å²) in [5.74, 6) is 0.893. The number of carbonyl (C=O) groups excluding carboxylic acids is 1. The van der Waals surface area contributed by atoms with Crippen molar-refractivity contribution in [2.24, 2.45) is 0 Å². The minimum Gasteiger partial charge on any atom is -0.462 e. The number of hydrogen-bond acceptors (Lipinski definition) is 6. The quantitative estimate of drug-likeness (QED) is 0.676. The molecule has 0 saturated heterocycles. The maximum Gasteiger partial charge on any atom is 0.343 e. The van der Waals surface area contributed by atoms with Crippen LogP contribution in [-0.4, -0.2) is 22.5 Å². The van der Waals surface area contributed by atoms with Gasteiger partial charge in [0, 0.05) is 4.90 Å². The predicted molar refractivity (Wildman–Crippen MR) is 83.1 cm³/mol. The second-order valence-electron chi connectivity index (χ2n) is 4.31. The van der Waals surface area contributed by atoms with Gasteiger partial charge in [-0.3, -0.25) is 0 Å². The van der Waals surface area contributed by atoms with E-state index < -0.39 is 5.97 Å². The third-order valence-corrected chi connectivity index (χ3v) is 3.76. The molecule has 1 aromatic carbocycles. The normalized spacial score (nSPS) is 10.4. The Morgan fingerprint density at radius 1 is 1.29 bits per heavy atom. The van der Waals surface area contributed by atoms with E-state index in [-0.39, 0.29) is 11.4 Å². The van der Waals surface area contributed by atoms with Crippen LogP contribution in [0.25, 0.3) is 0 Å². The Bertz CT molecular complexity index is 609. The number of ether oxygens (including phenoxy) is 1. The topological polar surface area (TPSA) is 78.1 Å². The van der Waals surface area contributed by atoms with E-state index in [0.717, 1.165) is 4.90 Å². The average molecular weight is 303 g/mol. The summed E-state index contributed by atoms with van der Waals surface area (Å²) in [5.41, 5.74) is 6.66. The zero-order chi connectivity index (χ0) is 15.2. The molecule has 0 aliphatic rings. The number of benzene rings is 1. The van der Waals surface area contributed by atoms with Gasteiger partial charge in [-0.2, -0.15) is 0 Å². The highest BCUT2D eigenvalue weighted by Gasteiger charge is 2.17. The SMILES string of the molecule is CCOC(=O)c1c(C)nc(CSc2ccccc2)nc1N. The Morgan fingerprint density at radius 2 is 2.00 bits per heavy atom. The Balaban J connectivity index is 2.14. The van der Waals surface area contributed by atoms with Crippen LogP contribution in [0, 0.1) is 6.92 Å².